The average molecular weight is 287 g/mol. The molecule has 1 aromatic heterocycles. The lowest BCUT2D eigenvalue weighted by Crippen LogP contribution is -2.06. The Hall–Kier alpha value is -2.51. The van der Waals surface area contributed by atoms with Crippen molar-refractivity contribution in [1.82, 2.24) is 4.98 Å². The van der Waals surface area contributed by atoms with Gasteiger partial charge in [0.05, 0.1) is 6.21 Å². The Morgan fingerprint density at radius 2 is 1.35 bits per heavy atom. The van der Waals surface area contributed by atoms with Gasteiger partial charge in [-0.3, -0.25) is 10.4 Å². The van der Waals surface area contributed by atoms with Crippen LogP contribution in [0.15, 0.2) is 29.6 Å². The molecule has 0 aliphatic heterocycles. The minimum atomic E-state index is -2.22. The van der Waals surface area contributed by atoms with Gasteiger partial charge in [-0.05, 0) is 17.7 Å². The Labute approximate surface area is 109 Å². The standard InChI is InChI=1S/C12H6F5N3/c13-7-8(14)10(16)12(11(17)9(7)15)20-19-5-6-1-3-18-4-2-6/h1-5,20H/b19-5+. The molecule has 0 spiro atoms. The smallest absolute Gasteiger partial charge is 0.200 e. The van der Waals surface area contributed by atoms with Crippen LogP contribution < -0.4 is 5.43 Å². The lowest BCUT2D eigenvalue weighted by Gasteiger charge is -2.06. The molecule has 104 valence electrons. The monoisotopic (exact) mass is 287 g/mol. The molecule has 0 saturated heterocycles. The minimum absolute atomic E-state index is 0.524. The van der Waals surface area contributed by atoms with Gasteiger partial charge in [-0.25, -0.2) is 22.0 Å². The van der Waals surface area contributed by atoms with E-state index >= 15 is 0 Å². The van der Waals surface area contributed by atoms with E-state index in [-0.39, 0.29) is 0 Å². The van der Waals surface area contributed by atoms with Gasteiger partial charge in [-0.1, -0.05) is 0 Å². The van der Waals surface area contributed by atoms with Crippen molar-refractivity contribution in [3.63, 3.8) is 0 Å². The predicted octanol–water partition coefficient (Wildman–Crippen LogP) is 3.22. The highest BCUT2D eigenvalue weighted by atomic mass is 19.2. The Morgan fingerprint density at radius 3 is 1.90 bits per heavy atom. The van der Waals surface area contributed by atoms with Gasteiger partial charge >= 0.3 is 0 Å². The summed E-state index contributed by atoms with van der Waals surface area (Å²) in [4.78, 5) is 3.73. The van der Waals surface area contributed by atoms with Gasteiger partial charge in [0, 0.05) is 12.4 Å². The van der Waals surface area contributed by atoms with Crippen molar-refractivity contribution < 1.29 is 22.0 Å². The molecule has 0 saturated carbocycles. The van der Waals surface area contributed by atoms with Crippen LogP contribution in [0.3, 0.4) is 0 Å². The van der Waals surface area contributed by atoms with Crippen LogP contribution in [0.5, 0.6) is 0 Å². The van der Waals surface area contributed by atoms with Crippen LogP contribution in [0.2, 0.25) is 0 Å². The Morgan fingerprint density at radius 1 is 0.850 bits per heavy atom. The predicted molar refractivity (Wildman–Crippen MR) is 61.7 cm³/mol. The molecule has 0 amide bonds. The van der Waals surface area contributed by atoms with Gasteiger partial charge in [0.2, 0.25) is 5.82 Å². The highest BCUT2D eigenvalue weighted by Crippen LogP contribution is 2.26. The molecule has 20 heavy (non-hydrogen) atoms. The molecule has 0 fully saturated rings. The van der Waals surface area contributed by atoms with E-state index in [9.17, 15) is 22.0 Å². The zero-order chi connectivity index (χ0) is 14.7. The number of benzene rings is 1. The zero-order valence-corrected chi connectivity index (χ0v) is 9.67. The first-order chi connectivity index (χ1) is 9.52. The van der Waals surface area contributed by atoms with E-state index < -0.39 is 34.8 Å². The van der Waals surface area contributed by atoms with Crippen molar-refractivity contribution in [2.45, 2.75) is 0 Å². The van der Waals surface area contributed by atoms with Crippen LogP contribution in [0.4, 0.5) is 27.6 Å². The molecular weight excluding hydrogens is 281 g/mol. The number of nitrogens with one attached hydrogen (secondary N) is 1. The SMILES string of the molecule is Fc1c(F)c(F)c(N/N=C/c2ccncc2)c(F)c1F. The van der Waals surface area contributed by atoms with E-state index in [0.717, 1.165) is 6.21 Å². The molecule has 0 unspecified atom stereocenters. The molecule has 1 N–H and O–H groups in total. The topological polar surface area (TPSA) is 37.3 Å². The van der Waals surface area contributed by atoms with E-state index in [4.69, 9.17) is 0 Å². The van der Waals surface area contributed by atoms with Crippen LogP contribution in [0, 0.1) is 29.1 Å². The van der Waals surface area contributed by atoms with Gasteiger partial charge in [0.1, 0.15) is 5.69 Å². The van der Waals surface area contributed by atoms with E-state index in [0.29, 0.717) is 5.56 Å². The first-order valence-electron chi connectivity index (χ1n) is 5.23. The summed E-state index contributed by atoms with van der Waals surface area (Å²) in [5.41, 5.74) is 1.10. The van der Waals surface area contributed by atoms with Crippen molar-refractivity contribution >= 4 is 11.9 Å². The maximum atomic E-state index is 13.3. The molecule has 0 aliphatic rings. The normalized spacial score (nSPS) is 11.1. The fourth-order valence-electron chi connectivity index (χ4n) is 1.32. The van der Waals surface area contributed by atoms with E-state index in [1.54, 1.807) is 5.43 Å². The minimum Gasteiger partial charge on any atom is -0.272 e. The first kappa shape index (κ1) is 13.9. The average Bonchev–Trinajstić information content (AvgIpc) is 2.48. The number of pyridine rings is 1. The summed E-state index contributed by atoms with van der Waals surface area (Å²) in [5, 5.41) is 3.41. The molecule has 2 aromatic rings. The number of aromatic nitrogens is 1. The number of hydrogen-bond acceptors (Lipinski definition) is 3. The maximum Gasteiger partial charge on any atom is 0.200 e. The Bertz CT molecular complexity index is 629. The Balaban J connectivity index is 2.29. The molecule has 2 rings (SSSR count). The highest BCUT2D eigenvalue weighted by Gasteiger charge is 2.25. The molecule has 0 radical (unpaired) electrons. The number of halogens is 5. The summed E-state index contributed by atoms with van der Waals surface area (Å²) in [5.74, 6) is -10.2. The summed E-state index contributed by atoms with van der Waals surface area (Å²) < 4.78 is 65.1. The first-order valence-corrected chi connectivity index (χ1v) is 5.23. The van der Waals surface area contributed by atoms with Crippen LogP contribution in [-0.4, -0.2) is 11.2 Å². The van der Waals surface area contributed by atoms with Crippen LogP contribution in [0.1, 0.15) is 5.56 Å². The molecule has 1 heterocycles. The van der Waals surface area contributed by atoms with Gasteiger partial charge in [0.15, 0.2) is 23.3 Å². The van der Waals surface area contributed by atoms with Crippen LogP contribution in [-0.2, 0) is 0 Å². The van der Waals surface area contributed by atoms with E-state index in [2.05, 4.69) is 10.1 Å². The van der Waals surface area contributed by atoms with Crippen molar-refractivity contribution in [2.24, 2.45) is 5.10 Å². The van der Waals surface area contributed by atoms with Crippen LogP contribution in [0.25, 0.3) is 0 Å². The molecule has 0 aliphatic carbocycles. The molecular formula is C12H6F5N3. The highest BCUT2D eigenvalue weighted by molar-refractivity contribution is 5.79. The van der Waals surface area contributed by atoms with E-state index in [1.807, 2.05) is 0 Å². The molecule has 8 heteroatoms. The number of anilines is 1. The van der Waals surface area contributed by atoms with Gasteiger partial charge in [0.25, 0.3) is 0 Å². The number of nitrogens with zero attached hydrogens (tertiary/aromatic N) is 2. The van der Waals surface area contributed by atoms with Crippen molar-refractivity contribution in [3.05, 3.63) is 59.2 Å². The molecule has 1 aromatic carbocycles. The fourth-order valence-corrected chi connectivity index (χ4v) is 1.32. The second-order valence-electron chi connectivity index (χ2n) is 3.60. The third kappa shape index (κ3) is 2.58. The van der Waals surface area contributed by atoms with Gasteiger partial charge < -0.3 is 0 Å². The third-order valence-corrected chi connectivity index (χ3v) is 2.31. The second-order valence-corrected chi connectivity index (χ2v) is 3.60. The molecule has 0 bridgehead atoms. The summed E-state index contributed by atoms with van der Waals surface area (Å²) in [6.07, 6.45) is 4.03. The lowest BCUT2D eigenvalue weighted by molar-refractivity contribution is 0.381. The summed E-state index contributed by atoms with van der Waals surface area (Å²) in [6, 6.07) is 3.06. The quantitative estimate of drug-likeness (QED) is 0.309. The second kappa shape index (κ2) is 5.64. The Kier molecular flexibility index (Phi) is 3.92. The van der Waals surface area contributed by atoms with Crippen molar-refractivity contribution in [2.75, 3.05) is 5.43 Å². The summed E-state index contributed by atoms with van der Waals surface area (Å²) in [6.45, 7) is 0. The van der Waals surface area contributed by atoms with Gasteiger partial charge in [-0.2, -0.15) is 5.10 Å². The third-order valence-electron chi connectivity index (χ3n) is 2.31. The zero-order valence-electron chi connectivity index (χ0n) is 9.67. The van der Waals surface area contributed by atoms with Gasteiger partial charge in [-0.15, -0.1) is 0 Å². The van der Waals surface area contributed by atoms with E-state index in [1.165, 1.54) is 24.5 Å². The maximum absolute atomic E-state index is 13.3. The number of hydrogen-bond donors (Lipinski definition) is 1. The van der Waals surface area contributed by atoms with Crippen molar-refractivity contribution in [1.29, 1.82) is 0 Å². The summed E-state index contributed by atoms with van der Waals surface area (Å²) >= 11 is 0. The van der Waals surface area contributed by atoms with Crippen LogP contribution >= 0.6 is 0 Å². The fraction of sp³-hybridized carbons (Fsp3) is 0. The largest absolute Gasteiger partial charge is 0.272 e. The summed E-state index contributed by atoms with van der Waals surface area (Å²) in [7, 11) is 0. The lowest BCUT2D eigenvalue weighted by atomic mass is 10.2. The number of rotatable bonds is 3. The number of hydrazone groups is 1. The van der Waals surface area contributed by atoms with Crippen molar-refractivity contribution in [3.8, 4) is 0 Å². The molecule has 0 atom stereocenters. The molecule has 3 nitrogen and oxygen atoms in total.